The Morgan fingerprint density at radius 3 is 1.71 bits per heavy atom. The van der Waals surface area contributed by atoms with Gasteiger partial charge in [0.05, 0.1) is 6.54 Å². The van der Waals surface area contributed by atoms with Crippen molar-refractivity contribution in [3.63, 3.8) is 0 Å². The van der Waals surface area contributed by atoms with Gasteiger partial charge in [-0.3, -0.25) is 4.99 Å². The third-order valence-corrected chi connectivity index (χ3v) is 0.956. The van der Waals surface area contributed by atoms with Crippen LogP contribution in [-0.4, -0.2) is 31.8 Å². The molecule has 0 aliphatic carbocycles. The van der Waals surface area contributed by atoms with Gasteiger partial charge < -0.3 is 4.90 Å². The first-order valence-corrected chi connectivity index (χ1v) is 6.05. The molecule has 17 heavy (non-hydrogen) atoms. The molecule has 0 saturated carbocycles. The van der Waals surface area contributed by atoms with E-state index in [1.54, 1.807) is 7.05 Å². The van der Waals surface area contributed by atoms with Crippen molar-refractivity contribution >= 4 is 6.21 Å². The molecule has 0 aromatic rings. The zero-order valence-electron chi connectivity index (χ0n) is 12.8. The molecule has 0 rings (SSSR count). The van der Waals surface area contributed by atoms with Crippen molar-refractivity contribution < 1.29 is 0 Å². The SMILES string of the molecule is C.C/C=C\N(C)CC=NC.CC.CC(C)(C)C. The molecule has 0 radical (unpaired) electrons. The smallest absolute Gasteiger partial charge is 0.0519 e. The normalized spacial score (nSPS) is 9.94. The van der Waals surface area contributed by atoms with E-state index >= 15 is 0 Å². The molecule has 0 spiro atoms. The maximum atomic E-state index is 3.86. The molecule has 0 fully saturated rings. The van der Waals surface area contributed by atoms with Crippen molar-refractivity contribution in [1.82, 2.24) is 4.90 Å². The Kier molecular flexibility index (Phi) is 26.0. The third-order valence-electron chi connectivity index (χ3n) is 0.956. The molecule has 0 aliphatic rings. The Hall–Kier alpha value is -0.790. The van der Waals surface area contributed by atoms with Crippen molar-refractivity contribution in [2.75, 3.05) is 20.6 Å². The first-order valence-electron chi connectivity index (χ1n) is 6.05. The van der Waals surface area contributed by atoms with Crippen LogP contribution in [0.15, 0.2) is 17.3 Å². The van der Waals surface area contributed by atoms with Gasteiger partial charge in [0.25, 0.3) is 0 Å². The van der Waals surface area contributed by atoms with Crippen LogP contribution in [0, 0.1) is 5.41 Å². The summed E-state index contributed by atoms with van der Waals surface area (Å²) in [6.07, 6.45) is 5.89. The van der Waals surface area contributed by atoms with Crippen molar-refractivity contribution in [3.8, 4) is 0 Å². The Morgan fingerprint density at radius 2 is 1.47 bits per heavy atom. The lowest BCUT2D eigenvalue weighted by atomic mass is 10.0. The van der Waals surface area contributed by atoms with E-state index in [0.717, 1.165) is 6.54 Å². The van der Waals surface area contributed by atoms with Crippen LogP contribution < -0.4 is 0 Å². The predicted octanol–water partition coefficient (Wildman–Crippen LogP) is 4.87. The first kappa shape index (κ1) is 25.2. The highest BCUT2D eigenvalue weighted by molar-refractivity contribution is 5.59. The van der Waals surface area contributed by atoms with E-state index in [0.29, 0.717) is 5.41 Å². The Labute approximate surface area is 111 Å². The van der Waals surface area contributed by atoms with Crippen molar-refractivity contribution in [2.24, 2.45) is 10.4 Å². The number of hydrogen-bond donors (Lipinski definition) is 0. The molecule has 0 heterocycles. The Balaban J connectivity index is -0.0000000910. The van der Waals surface area contributed by atoms with Gasteiger partial charge in [0.2, 0.25) is 0 Å². The number of aliphatic imine (C=N–C) groups is 1. The van der Waals surface area contributed by atoms with E-state index in [9.17, 15) is 0 Å². The maximum Gasteiger partial charge on any atom is 0.0519 e. The lowest BCUT2D eigenvalue weighted by Gasteiger charge is -2.08. The fraction of sp³-hybridized carbons (Fsp3) is 0.800. The minimum atomic E-state index is 0. The van der Waals surface area contributed by atoms with Gasteiger partial charge in [-0.05, 0) is 18.5 Å². The lowest BCUT2D eigenvalue weighted by Crippen LogP contribution is -2.12. The molecule has 0 bridgehead atoms. The molecule has 0 saturated heterocycles. The molecule has 0 N–H and O–H groups in total. The highest BCUT2D eigenvalue weighted by Crippen LogP contribution is 2.08. The van der Waals surface area contributed by atoms with E-state index in [2.05, 4.69) is 37.6 Å². The molecule has 106 valence electrons. The molecule has 0 unspecified atom stereocenters. The lowest BCUT2D eigenvalue weighted by molar-refractivity contribution is 0.469. The average molecular weight is 244 g/mol. The van der Waals surface area contributed by atoms with Crippen molar-refractivity contribution in [2.45, 2.75) is 55.9 Å². The quantitative estimate of drug-likeness (QED) is 0.647. The van der Waals surface area contributed by atoms with E-state index in [1.165, 1.54) is 0 Å². The second-order valence-corrected chi connectivity index (χ2v) is 4.86. The number of allylic oxidation sites excluding steroid dienone is 1. The topological polar surface area (TPSA) is 15.6 Å². The second-order valence-electron chi connectivity index (χ2n) is 4.86. The largest absolute Gasteiger partial charge is 0.375 e. The first-order chi connectivity index (χ1) is 7.31. The Morgan fingerprint density at radius 1 is 1.12 bits per heavy atom. The van der Waals surface area contributed by atoms with E-state index in [-0.39, 0.29) is 7.43 Å². The zero-order chi connectivity index (χ0) is 13.6. The zero-order valence-corrected chi connectivity index (χ0v) is 12.8. The van der Waals surface area contributed by atoms with E-state index in [1.807, 2.05) is 46.3 Å². The van der Waals surface area contributed by atoms with Crippen LogP contribution in [0.25, 0.3) is 0 Å². The summed E-state index contributed by atoms with van der Waals surface area (Å²) in [5.74, 6) is 0. The van der Waals surface area contributed by atoms with Gasteiger partial charge in [-0.1, -0.05) is 55.0 Å². The fourth-order valence-electron chi connectivity index (χ4n) is 0.526. The summed E-state index contributed by atoms with van der Waals surface area (Å²) in [4.78, 5) is 5.92. The van der Waals surface area contributed by atoms with Gasteiger partial charge in [-0.25, -0.2) is 0 Å². The fourth-order valence-corrected chi connectivity index (χ4v) is 0.526. The number of nitrogens with zero attached hydrogens (tertiary/aromatic N) is 2. The van der Waals surface area contributed by atoms with Gasteiger partial charge >= 0.3 is 0 Å². The van der Waals surface area contributed by atoms with Crippen LogP contribution in [0.2, 0.25) is 0 Å². The van der Waals surface area contributed by atoms with E-state index < -0.39 is 0 Å². The Bertz CT molecular complexity index is 158. The van der Waals surface area contributed by atoms with Gasteiger partial charge in [0, 0.05) is 20.3 Å². The molecular weight excluding hydrogens is 208 g/mol. The summed E-state index contributed by atoms with van der Waals surface area (Å²) in [5, 5.41) is 0. The summed E-state index contributed by atoms with van der Waals surface area (Å²) in [7, 11) is 3.80. The number of rotatable bonds is 3. The second kappa shape index (κ2) is 17.6. The predicted molar refractivity (Wildman–Crippen MR) is 85.1 cm³/mol. The van der Waals surface area contributed by atoms with Gasteiger partial charge in [0.15, 0.2) is 0 Å². The van der Waals surface area contributed by atoms with E-state index in [4.69, 9.17) is 0 Å². The van der Waals surface area contributed by atoms with Crippen LogP contribution in [0.3, 0.4) is 0 Å². The van der Waals surface area contributed by atoms with Crippen LogP contribution in [0.1, 0.15) is 55.9 Å². The monoisotopic (exact) mass is 244 g/mol. The molecule has 0 aliphatic heterocycles. The highest BCUT2D eigenvalue weighted by Gasteiger charge is 1.95. The van der Waals surface area contributed by atoms with Crippen molar-refractivity contribution in [3.05, 3.63) is 12.3 Å². The van der Waals surface area contributed by atoms with Crippen LogP contribution in [0.4, 0.5) is 0 Å². The molecule has 0 amide bonds. The standard InChI is InChI=1S/C7H14N2.C5H12.C2H6.CH4/c1-4-6-9(3)7-5-8-2;1-5(2,3)4;1-2;/h4-6H,7H2,1-3H3;1-4H3;1-2H3;1H4/b6-4-,8-5?;;;. The minimum absolute atomic E-state index is 0. The molecule has 0 aromatic carbocycles. The molecule has 2 heteroatoms. The molecule has 0 atom stereocenters. The van der Waals surface area contributed by atoms with Gasteiger partial charge in [0.1, 0.15) is 0 Å². The molecule has 2 nitrogen and oxygen atoms in total. The minimum Gasteiger partial charge on any atom is -0.375 e. The summed E-state index contributed by atoms with van der Waals surface area (Å²) in [6, 6.07) is 0. The summed E-state index contributed by atoms with van der Waals surface area (Å²) >= 11 is 0. The summed E-state index contributed by atoms with van der Waals surface area (Å²) in [5.41, 5.74) is 0.500. The summed E-state index contributed by atoms with van der Waals surface area (Å²) in [6.45, 7) is 15.6. The third kappa shape index (κ3) is 68.8. The van der Waals surface area contributed by atoms with Crippen LogP contribution >= 0.6 is 0 Å². The molecular formula is C15H36N2. The highest BCUT2D eigenvalue weighted by atomic mass is 15.1. The van der Waals surface area contributed by atoms with Crippen LogP contribution in [0.5, 0.6) is 0 Å². The van der Waals surface area contributed by atoms with Crippen molar-refractivity contribution in [1.29, 1.82) is 0 Å². The van der Waals surface area contributed by atoms with Gasteiger partial charge in [-0.15, -0.1) is 0 Å². The van der Waals surface area contributed by atoms with Gasteiger partial charge in [-0.2, -0.15) is 0 Å². The summed E-state index contributed by atoms with van der Waals surface area (Å²) < 4.78 is 0. The number of hydrogen-bond acceptors (Lipinski definition) is 2. The van der Waals surface area contributed by atoms with Crippen LogP contribution in [-0.2, 0) is 0 Å². The average Bonchev–Trinajstić information content (AvgIpc) is 2.16. The molecule has 0 aromatic heterocycles. The maximum absolute atomic E-state index is 3.86.